The van der Waals surface area contributed by atoms with Crippen LogP contribution in [0.3, 0.4) is 0 Å². The molecule has 140 valence electrons. The summed E-state index contributed by atoms with van der Waals surface area (Å²) in [7, 11) is -2.55. The fraction of sp³-hybridized carbons (Fsp3) is 0.533. The summed E-state index contributed by atoms with van der Waals surface area (Å²) < 4.78 is 30.2. The van der Waals surface area contributed by atoms with E-state index in [0.29, 0.717) is 0 Å². The molecule has 0 aliphatic carbocycles. The second-order valence-corrected chi connectivity index (χ2v) is 7.55. The molecule has 0 bridgehead atoms. The summed E-state index contributed by atoms with van der Waals surface area (Å²) >= 11 is 0. The molecule has 9 nitrogen and oxygen atoms in total. The number of nitro groups is 1. The highest BCUT2D eigenvalue weighted by Crippen LogP contribution is 2.33. The van der Waals surface area contributed by atoms with Crippen LogP contribution < -0.4 is 14.4 Å². The molecule has 0 spiro atoms. The van der Waals surface area contributed by atoms with Crippen LogP contribution in [0.25, 0.3) is 0 Å². The molecule has 0 saturated carbocycles. The van der Waals surface area contributed by atoms with Gasteiger partial charge in [0.2, 0.25) is 15.9 Å². The molecule has 0 radical (unpaired) electrons. The number of methoxy groups -OCH3 is 1. The Hall–Kier alpha value is -2.36. The van der Waals surface area contributed by atoms with Gasteiger partial charge >= 0.3 is 0 Å². The van der Waals surface area contributed by atoms with Crippen molar-refractivity contribution >= 4 is 27.3 Å². The molecule has 1 atom stereocenters. The minimum Gasteiger partial charge on any atom is -0.495 e. The highest BCUT2D eigenvalue weighted by atomic mass is 32.2. The lowest BCUT2D eigenvalue weighted by Gasteiger charge is -2.24. The van der Waals surface area contributed by atoms with Gasteiger partial charge < -0.3 is 10.1 Å². The van der Waals surface area contributed by atoms with Crippen LogP contribution in [-0.2, 0) is 14.8 Å². The lowest BCUT2D eigenvalue weighted by atomic mass is 10.2. The summed E-state index contributed by atoms with van der Waals surface area (Å²) in [4.78, 5) is 22.5. The summed E-state index contributed by atoms with van der Waals surface area (Å²) in [5.41, 5.74) is -0.360. The number of ether oxygens (including phenoxy) is 1. The molecule has 25 heavy (non-hydrogen) atoms. The predicted octanol–water partition coefficient (Wildman–Crippen LogP) is 1.67. The Labute approximate surface area is 147 Å². The molecular formula is C15H23N3O6S. The van der Waals surface area contributed by atoms with Gasteiger partial charge in [-0.1, -0.05) is 13.3 Å². The number of carbonyl (C=O) groups is 1. The quantitative estimate of drug-likeness (QED) is 0.519. The van der Waals surface area contributed by atoms with Gasteiger partial charge in [-0.15, -0.1) is 0 Å². The molecular weight excluding hydrogens is 350 g/mol. The average Bonchev–Trinajstić information content (AvgIpc) is 2.51. The highest BCUT2D eigenvalue weighted by molar-refractivity contribution is 7.92. The van der Waals surface area contributed by atoms with E-state index in [1.807, 2.05) is 13.8 Å². The average molecular weight is 373 g/mol. The molecule has 0 saturated heterocycles. The molecule has 1 rings (SSSR count). The normalized spacial score (nSPS) is 12.3. The Morgan fingerprint density at radius 1 is 1.44 bits per heavy atom. The standard InChI is InChI=1S/C15H23N3O6S/c1-5-6-11(2)16-15(19)10-17(25(4,22)23)13-9-12(18(20)21)7-8-14(13)24-3/h7-9,11H,5-6,10H2,1-4H3,(H,16,19)/t11-/m0/s1. The first kappa shape index (κ1) is 20.7. The molecule has 1 aromatic rings. The van der Waals surface area contributed by atoms with E-state index < -0.39 is 27.4 Å². The zero-order valence-corrected chi connectivity index (χ0v) is 15.5. The first-order chi connectivity index (χ1) is 11.6. The summed E-state index contributed by atoms with van der Waals surface area (Å²) in [5, 5.41) is 13.7. The Morgan fingerprint density at radius 2 is 2.08 bits per heavy atom. The van der Waals surface area contributed by atoms with E-state index in [-0.39, 0.29) is 23.2 Å². The number of anilines is 1. The van der Waals surface area contributed by atoms with Gasteiger partial charge in [-0.3, -0.25) is 19.2 Å². The summed E-state index contributed by atoms with van der Waals surface area (Å²) in [6.45, 7) is 3.30. The third kappa shape index (κ3) is 5.89. The minimum atomic E-state index is -3.87. The van der Waals surface area contributed by atoms with Crippen molar-refractivity contribution in [3.05, 3.63) is 28.3 Å². The smallest absolute Gasteiger partial charge is 0.271 e. The SMILES string of the molecule is CCC[C@H](C)NC(=O)CN(c1cc([N+](=O)[O-])ccc1OC)S(C)(=O)=O. The number of sulfonamides is 1. The van der Waals surface area contributed by atoms with E-state index in [9.17, 15) is 23.3 Å². The number of non-ortho nitro benzene ring substituents is 1. The first-order valence-electron chi connectivity index (χ1n) is 7.69. The topological polar surface area (TPSA) is 119 Å². The molecule has 0 aliphatic heterocycles. The van der Waals surface area contributed by atoms with Crippen molar-refractivity contribution in [2.24, 2.45) is 0 Å². The van der Waals surface area contributed by atoms with Crippen LogP contribution in [0.1, 0.15) is 26.7 Å². The van der Waals surface area contributed by atoms with Gasteiger partial charge in [-0.25, -0.2) is 8.42 Å². The van der Waals surface area contributed by atoms with E-state index in [4.69, 9.17) is 4.74 Å². The minimum absolute atomic E-state index is 0.0579. The fourth-order valence-electron chi connectivity index (χ4n) is 2.32. The van der Waals surface area contributed by atoms with Gasteiger partial charge in [0.25, 0.3) is 5.69 Å². The van der Waals surface area contributed by atoms with Crippen LogP contribution in [0.15, 0.2) is 18.2 Å². The predicted molar refractivity (Wildman–Crippen MR) is 94.4 cm³/mol. The van der Waals surface area contributed by atoms with Gasteiger partial charge in [0, 0.05) is 18.2 Å². The highest BCUT2D eigenvalue weighted by Gasteiger charge is 2.26. The monoisotopic (exact) mass is 373 g/mol. The third-order valence-corrected chi connectivity index (χ3v) is 4.59. The van der Waals surface area contributed by atoms with Crippen molar-refractivity contribution in [3.8, 4) is 5.75 Å². The second-order valence-electron chi connectivity index (χ2n) is 5.64. The Balaban J connectivity index is 3.22. The molecule has 0 fully saturated rings. The van der Waals surface area contributed by atoms with Crippen molar-refractivity contribution in [1.29, 1.82) is 0 Å². The van der Waals surface area contributed by atoms with Crippen molar-refractivity contribution in [1.82, 2.24) is 5.32 Å². The maximum atomic E-state index is 12.2. The van der Waals surface area contributed by atoms with Crippen LogP contribution in [-0.4, -0.2) is 45.2 Å². The Bertz CT molecular complexity index is 735. The van der Waals surface area contributed by atoms with Crippen LogP contribution >= 0.6 is 0 Å². The maximum Gasteiger partial charge on any atom is 0.271 e. The number of amides is 1. The molecule has 1 amide bonds. The van der Waals surface area contributed by atoms with E-state index in [2.05, 4.69) is 5.32 Å². The van der Waals surface area contributed by atoms with E-state index in [1.54, 1.807) is 0 Å². The fourth-order valence-corrected chi connectivity index (χ4v) is 3.18. The largest absolute Gasteiger partial charge is 0.495 e. The van der Waals surface area contributed by atoms with Gasteiger partial charge in [-0.05, 0) is 19.4 Å². The molecule has 0 unspecified atom stereocenters. The van der Waals surface area contributed by atoms with Gasteiger partial charge in [0.05, 0.1) is 18.3 Å². The molecule has 10 heteroatoms. The number of hydrogen-bond acceptors (Lipinski definition) is 6. The van der Waals surface area contributed by atoms with E-state index >= 15 is 0 Å². The lowest BCUT2D eigenvalue weighted by molar-refractivity contribution is -0.384. The molecule has 0 aromatic heterocycles. The van der Waals surface area contributed by atoms with Gasteiger partial charge in [0.15, 0.2) is 0 Å². The maximum absolute atomic E-state index is 12.2. The van der Waals surface area contributed by atoms with Gasteiger partial charge in [-0.2, -0.15) is 0 Å². The molecule has 0 aliphatic rings. The van der Waals surface area contributed by atoms with Crippen LogP contribution in [0.5, 0.6) is 5.75 Å². The van der Waals surface area contributed by atoms with Crippen molar-refractivity contribution in [3.63, 3.8) is 0 Å². The number of nitrogens with zero attached hydrogens (tertiary/aromatic N) is 2. The van der Waals surface area contributed by atoms with Crippen molar-refractivity contribution in [2.75, 3.05) is 24.2 Å². The van der Waals surface area contributed by atoms with Crippen LogP contribution in [0.4, 0.5) is 11.4 Å². The number of nitro benzene ring substituents is 1. The zero-order valence-electron chi connectivity index (χ0n) is 14.7. The summed E-state index contributed by atoms with van der Waals surface area (Å²) in [5.74, 6) is -0.384. The molecule has 0 heterocycles. The van der Waals surface area contributed by atoms with Crippen molar-refractivity contribution in [2.45, 2.75) is 32.7 Å². The van der Waals surface area contributed by atoms with E-state index in [1.165, 1.54) is 19.2 Å². The van der Waals surface area contributed by atoms with Crippen LogP contribution in [0, 0.1) is 10.1 Å². The zero-order chi connectivity index (χ0) is 19.2. The second kappa shape index (κ2) is 8.65. The number of nitrogens with one attached hydrogen (secondary N) is 1. The summed E-state index contributed by atoms with van der Waals surface area (Å²) in [6, 6.07) is 3.46. The number of benzene rings is 1. The number of hydrogen-bond donors (Lipinski definition) is 1. The van der Waals surface area contributed by atoms with Gasteiger partial charge in [0.1, 0.15) is 18.0 Å². The third-order valence-electron chi connectivity index (χ3n) is 3.46. The lowest BCUT2D eigenvalue weighted by Crippen LogP contribution is -2.43. The number of carbonyl (C=O) groups excluding carboxylic acids is 1. The van der Waals surface area contributed by atoms with Crippen LogP contribution in [0.2, 0.25) is 0 Å². The number of rotatable bonds is 9. The Kier molecular flexibility index (Phi) is 7.16. The summed E-state index contributed by atoms with van der Waals surface area (Å²) in [6.07, 6.45) is 2.55. The van der Waals surface area contributed by atoms with Crippen molar-refractivity contribution < 1.29 is 22.9 Å². The Morgan fingerprint density at radius 3 is 2.56 bits per heavy atom. The first-order valence-corrected chi connectivity index (χ1v) is 9.54. The van der Waals surface area contributed by atoms with E-state index in [0.717, 1.165) is 29.5 Å². The molecule has 1 aromatic carbocycles. The molecule has 1 N–H and O–H groups in total.